The van der Waals surface area contributed by atoms with Crippen molar-refractivity contribution in [2.75, 3.05) is 20.8 Å². The average molecular weight is 448 g/mol. The molecule has 3 aromatic carbocycles. The van der Waals surface area contributed by atoms with E-state index >= 15 is 0 Å². The molecular formula is C26H24O7. The van der Waals surface area contributed by atoms with Gasteiger partial charge < -0.3 is 24.1 Å². The quantitative estimate of drug-likeness (QED) is 0.337. The molecule has 3 aromatic rings. The van der Waals surface area contributed by atoms with Gasteiger partial charge in [0.15, 0.2) is 35.4 Å². The highest BCUT2D eigenvalue weighted by Crippen LogP contribution is 2.30. The molecule has 0 atom stereocenters. The zero-order chi connectivity index (χ0) is 23.6. The van der Waals surface area contributed by atoms with Crippen molar-refractivity contribution in [2.45, 2.75) is 6.61 Å². The summed E-state index contributed by atoms with van der Waals surface area (Å²) in [6.45, 7) is -0.116. The molecule has 0 radical (unpaired) electrons. The second kappa shape index (κ2) is 11.4. The first kappa shape index (κ1) is 23.4. The molecule has 7 heteroatoms. The van der Waals surface area contributed by atoms with Crippen molar-refractivity contribution in [3.05, 3.63) is 89.5 Å². The second-order valence-electron chi connectivity index (χ2n) is 6.93. The number of benzene rings is 3. The monoisotopic (exact) mass is 448 g/mol. The zero-order valence-electron chi connectivity index (χ0n) is 18.3. The largest absolute Gasteiger partial charge is 0.493 e. The van der Waals surface area contributed by atoms with Gasteiger partial charge >= 0.3 is 5.97 Å². The van der Waals surface area contributed by atoms with Gasteiger partial charge in [-0.05, 0) is 47.5 Å². The molecule has 33 heavy (non-hydrogen) atoms. The molecule has 0 saturated carbocycles. The molecule has 1 N–H and O–H groups in total. The summed E-state index contributed by atoms with van der Waals surface area (Å²) in [5.74, 6) is 0.327. The van der Waals surface area contributed by atoms with Crippen molar-refractivity contribution >= 4 is 17.8 Å². The fourth-order valence-electron chi connectivity index (χ4n) is 2.99. The van der Waals surface area contributed by atoms with E-state index in [0.29, 0.717) is 23.7 Å². The Balaban J connectivity index is 1.73. The van der Waals surface area contributed by atoms with Crippen molar-refractivity contribution in [2.24, 2.45) is 0 Å². The number of rotatable bonds is 11. The SMILES string of the molecule is COc1cc(C(=O)/C=C/c2ccc(OC)c(OCc3ccccc3)c2)ccc1OCC(=O)O. The number of ether oxygens (including phenoxy) is 4. The lowest BCUT2D eigenvalue weighted by atomic mass is 10.1. The molecular weight excluding hydrogens is 424 g/mol. The van der Waals surface area contributed by atoms with Crippen LogP contribution in [0.25, 0.3) is 6.08 Å². The number of carbonyl (C=O) groups excluding carboxylic acids is 1. The second-order valence-corrected chi connectivity index (χ2v) is 6.93. The van der Waals surface area contributed by atoms with Crippen LogP contribution in [-0.4, -0.2) is 37.7 Å². The minimum atomic E-state index is -1.10. The Labute approximate surface area is 191 Å². The van der Waals surface area contributed by atoms with Crippen LogP contribution in [0.15, 0.2) is 72.8 Å². The lowest BCUT2D eigenvalue weighted by Gasteiger charge is -2.11. The van der Waals surface area contributed by atoms with Gasteiger partial charge in [0.25, 0.3) is 0 Å². The number of ketones is 1. The van der Waals surface area contributed by atoms with Crippen molar-refractivity contribution in [1.82, 2.24) is 0 Å². The fourth-order valence-corrected chi connectivity index (χ4v) is 2.99. The Kier molecular flexibility index (Phi) is 8.07. The minimum absolute atomic E-state index is 0.246. The van der Waals surface area contributed by atoms with Crippen LogP contribution in [-0.2, 0) is 11.4 Å². The zero-order valence-corrected chi connectivity index (χ0v) is 18.3. The van der Waals surface area contributed by atoms with Gasteiger partial charge in [-0.1, -0.05) is 42.5 Å². The molecule has 0 aromatic heterocycles. The van der Waals surface area contributed by atoms with E-state index in [1.165, 1.54) is 25.3 Å². The van der Waals surface area contributed by atoms with Crippen molar-refractivity contribution in [3.63, 3.8) is 0 Å². The van der Waals surface area contributed by atoms with Crippen LogP contribution in [0, 0.1) is 0 Å². The molecule has 0 aliphatic heterocycles. The Morgan fingerprint density at radius 3 is 2.24 bits per heavy atom. The Hall–Kier alpha value is -4.26. The maximum Gasteiger partial charge on any atom is 0.341 e. The minimum Gasteiger partial charge on any atom is -0.493 e. The van der Waals surface area contributed by atoms with Crippen LogP contribution < -0.4 is 18.9 Å². The van der Waals surface area contributed by atoms with Gasteiger partial charge in [0.2, 0.25) is 0 Å². The number of carboxylic acids is 1. The van der Waals surface area contributed by atoms with E-state index in [0.717, 1.165) is 11.1 Å². The van der Waals surface area contributed by atoms with Gasteiger partial charge in [0, 0.05) is 5.56 Å². The summed E-state index contributed by atoms with van der Waals surface area (Å²) in [5, 5.41) is 8.76. The number of carboxylic acid groups (broad SMARTS) is 1. The van der Waals surface area contributed by atoms with Crippen LogP contribution in [0.3, 0.4) is 0 Å². The summed E-state index contributed by atoms with van der Waals surface area (Å²) in [4.78, 5) is 23.3. The number of carbonyl (C=O) groups is 2. The average Bonchev–Trinajstić information content (AvgIpc) is 2.85. The maximum atomic E-state index is 12.6. The van der Waals surface area contributed by atoms with E-state index in [9.17, 15) is 9.59 Å². The first-order valence-corrected chi connectivity index (χ1v) is 10.1. The van der Waals surface area contributed by atoms with Gasteiger partial charge in [-0.25, -0.2) is 4.79 Å². The third kappa shape index (κ3) is 6.61. The number of hydrogen-bond acceptors (Lipinski definition) is 6. The predicted molar refractivity (Wildman–Crippen MR) is 123 cm³/mol. The molecule has 0 bridgehead atoms. The smallest absolute Gasteiger partial charge is 0.341 e. The van der Waals surface area contributed by atoms with Gasteiger partial charge in [-0.15, -0.1) is 0 Å². The molecule has 0 amide bonds. The van der Waals surface area contributed by atoms with Crippen molar-refractivity contribution < 1.29 is 33.6 Å². The molecule has 0 spiro atoms. The highest BCUT2D eigenvalue weighted by molar-refractivity contribution is 6.07. The molecule has 0 aliphatic carbocycles. The summed E-state index contributed by atoms with van der Waals surface area (Å²) in [6, 6.07) is 19.7. The molecule has 0 unspecified atom stereocenters. The van der Waals surface area contributed by atoms with Crippen LogP contribution in [0.4, 0.5) is 0 Å². The van der Waals surface area contributed by atoms with Crippen LogP contribution >= 0.6 is 0 Å². The van der Waals surface area contributed by atoms with Crippen LogP contribution in [0.5, 0.6) is 23.0 Å². The summed E-state index contributed by atoms with van der Waals surface area (Å²) in [7, 11) is 2.99. The standard InChI is InChI=1S/C26H24O7/c1-30-22-12-9-18(14-25(22)32-16-19-6-4-3-5-7-19)8-11-21(27)20-10-13-23(24(15-20)31-2)33-17-26(28)29/h3-15H,16-17H2,1-2H3,(H,28,29)/b11-8+. The van der Waals surface area contributed by atoms with E-state index < -0.39 is 12.6 Å². The van der Waals surface area contributed by atoms with Gasteiger partial charge in [-0.2, -0.15) is 0 Å². The number of methoxy groups -OCH3 is 2. The lowest BCUT2D eigenvalue weighted by molar-refractivity contribution is -0.139. The maximum absolute atomic E-state index is 12.6. The molecule has 0 fully saturated rings. The van der Waals surface area contributed by atoms with E-state index in [2.05, 4.69) is 0 Å². The van der Waals surface area contributed by atoms with E-state index in [4.69, 9.17) is 24.1 Å². The molecule has 170 valence electrons. The predicted octanol–water partition coefficient (Wildman–Crippen LogP) is 4.64. The number of hydrogen-bond donors (Lipinski definition) is 1. The van der Waals surface area contributed by atoms with Crippen LogP contribution in [0.2, 0.25) is 0 Å². The van der Waals surface area contributed by atoms with Gasteiger partial charge in [0.05, 0.1) is 14.2 Å². The Bertz CT molecular complexity index is 1140. The summed E-state index contributed by atoms with van der Waals surface area (Å²) in [5.41, 5.74) is 2.17. The molecule has 7 nitrogen and oxygen atoms in total. The molecule has 0 aliphatic rings. The van der Waals surface area contributed by atoms with Gasteiger partial charge in [-0.3, -0.25) is 4.79 Å². The van der Waals surface area contributed by atoms with Crippen molar-refractivity contribution in [3.8, 4) is 23.0 Å². The molecule has 0 saturated heterocycles. The highest BCUT2D eigenvalue weighted by Gasteiger charge is 2.11. The van der Waals surface area contributed by atoms with Crippen molar-refractivity contribution in [1.29, 1.82) is 0 Å². The summed E-state index contributed by atoms with van der Waals surface area (Å²) >= 11 is 0. The van der Waals surface area contributed by atoms with Crippen LogP contribution in [0.1, 0.15) is 21.5 Å². The Morgan fingerprint density at radius 2 is 1.55 bits per heavy atom. The highest BCUT2D eigenvalue weighted by atomic mass is 16.5. The van der Waals surface area contributed by atoms with E-state index in [-0.39, 0.29) is 17.3 Å². The van der Waals surface area contributed by atoms with E-state index in [1.807, 2.05) is 36.4 Å². The first-order valence-electron chi connectivity index (χ1n) is 10.1. The van der Waals surface area contributed by atoms with Gasteiger partial charge in [0.1, 0.15) is 6.61 Å². The number of allylic oxidation sites excluding steroid dienone is 1. The lowest BCUT2D eigenvalue weighted by Crippen LogP contribution is -2.10. The fraction of sp³-hybridized carbons (Fsp3) is 0.154. The Morgan fingerprint density at radius 1 is 0.818 bits per heavy atom. The summed E-state index contributed by atoms with van der Waals surface area (Å²) in [6.07, 6.45) is 3.12. The topological polar surface area (TPSA) is 91.3 Å². The normalized spacial score (nSPS) is 10.6. The van der Waals surface area contributed by atoms with E-state index in [1.54, 1.807) is 31.4 Å². The summed E-state index contributed by atoms with van der Waals surface area (Å²) < 4.78 is 21.7. The third-order valence-electron chi connectivity index (χ3n) is 4.65. The third-order valence-corrected chi connectivity index (χ3v) is 4.65. The number of aliphatic carboxylic acids is 1. The molecule has 0 heterocycles. The first-order chi connectivity index (χ1) is 16.0. The molecule has 3 rings (SSSR count).